The van der Waals surface area contributed by atoms with Crippen LogP contribution < -0.4 is 10.2 Å². The number of nitrogens with zero attached hydrogens (tertiary/aromatic N) is 1. The lowest BCUT2D eigenvalue weighted by atomic mass is 9.85. The second-order valence-electron chi connectivity index (χ2n) is 8.16. The molecule has 2 atom stereocenters. The quantitative estimate of drug-likeness (QED) is 0.443. The Morgan fingerprint density at radius 3 is 2.22 bits per heavy atom. The molecule has 1 saturated heterocycles. The molecule has 0 unspecified atom stereocenters. The van der Waals surface area contributed by atoms with Crippen LogP contribution in [0.3, 0.4) is 0 Å². The van der Waals surface area contributed by atoms with Gasteiger partial charge in [0.1, 0.15) is 0 Å². The molecule has 0 aromatic heterocycles. The maximum absolute atomic E-state index is 12.7. The number of hydrogen-bond donors (Lipinski definition) is 1. The normalized spacial score (nSPS) is 19.6. The van der Waals surface area contributed by atoms with Crippen molar-refractivity contribution in [2.24, 2.45) is 11.8 Å². The molecular formula is C25H24N2O5. The molecule has 1 aliphatic heterocycles. The molecule has 3 amide bonds. The van der Waals surface area contributed by atoms with Gasteiger partial charge in [-0.25, -0.2) is 4.79 Å². The molecule has 1 fully saturated rings. The fourth-order valence-corrected chi connectivity index (χ4v) is 4.07. The van der Waals surface area contributed by atoms with E-state index in [9.17, 15) is 19.2 Å². The molecule has 164 valence electrons. The average molecular weight is 432 g/mol. The Bertz CT molecular complexity index is 1090. The third-order valence-corrected chi connectivity index (χ3v) is 5.87. The van der Waals surface area contributed by atoms with Gasteiger partial charge in [-0.05, 0) is 68.1 Å². The van der Waals surface area contributed by atoms with Crippen molar-refractivity contribution in [2.75, 3.05) is 16.8 Å². The number of imide groups is 1. The number of fused-ring (bicyclic) bond motifs is 1. The zero-order chi connectivity index (χ0) is 22.8. The Labute approximate surface area is 186 Å². The predicted molar refractivity (Wildman–Crippen MR) is 119 cm³/mol. The first kappa shape index (κ1) is 21.5. The van der Waals surface area contributed by atoms with Crippen LogP contribution in [0, 0.1) is 25.7 Å². The number of ether oxygens (including phenoxy) is 1. The van der Waals surface area contributed by atoms with Crippen molar-refractivity contribution in [3.63, 3.8) is 0 Å². The molecule has 0 radical (unpaired) electrons. The monoisotopic (exact) mass is 432 g/mol. The number of amides is 3. The number of benzene rings is 2. The molecular weight excluding hydrogens is 408 g/mol. The van der Waals surface area contributed by atoms with Gasteiger partial charge >= 0.3 is 5.97 Å². The largest absolute Gasteiger partial charge is 0.452 e. The van der Waals surface area contributed by atoms with Crippen molar-refractivity contribution in [3.05, 3.63) is 71.3 Å². The summed E-state index contributed by atoms with van der Waals surface area (Å²) in [5.41, 5.74) is 3.25. The van der Waals surface area contributed by atoms with Gasteiger partial charge in [-0.15, -0.1) is 0 Å². The summed E-state index contributed by atoms with van der Waals surface area (Å²) in [5.74, 6) is -2.14. The van der Waals surface area contributed by atoms with E-state index in [1.54, 1.807) is 12.1 Å². The smallest absolute Gasteiger partial charge is 0.338 e. The van der Waals surface area contributed by atoms with Gasteiger partial charge in [0, 0.05) is 5.69 Å². The van der Waals surface area contributed by atoms with Gasteiger partial charge in [0.15, 0.2) is 6.61 Å². The second-order valence-corrected chi connectivity index (χ2v) is 8.16. The van der Waals surface area contributed by atoms with Crippen LogP contribution in [0.25, 0.3) is 0 Å². The summed E-state index contributed by atoms with van der Waals surface area (Å²) in [7, 11) is 0. The van der Waals surface area contributed by atoms with E-state index in [0.717, 1.165) is 11.1 Å². The SMILES string of the molecule is Cc1ccc(C)c(NC(=O)COC(=O)c2ccc(N3C(=O)[C@H]4CC=CC[C@@H]4C3=O)cc2)c1. The molecule has 7 heteroatoms. The maximum Gasteiger partial charge on any atom is 0.338 e. The lowest BCUT2D eigenvalue weighted by Crippen LogP contribution is -2.30. The summed E-state index contributed by atoms with van der Waals surface area (Å²) < 4.78 is 5.11. The molecule has 1 heterocycles. The number of carbonyl (C=O) groups is 4. The molecule has 2 aromatic carbocycles. The van der Waals surface area contributed by atoms with Crippen molar-refractivity contribution < 1.29 is 23.9 Å². The van der Waals surface area contributed by atoms with E-state index in [-0.39, 0.29) is 29.2 Å². The third kappa shape index (κ3) is 4.19. The Balaban J connectivity index is 1.36. The summed E-state index contributed by atoms with van der Waals surface area (Å²) in [6, 6.07) is 11.8. The van der Waals surface area contributed by atoms with Crippen LogP contribution in [0.4, 0.5) is 11.4 Å². The number of rotatable bonds is 5. The minimum Gasteiger partial charge on any atom is -0.452 e. The highest BCUT2D eigenvalue weighted by Gasteiger charge is 2.47. The van der Waals surface area contributed by atoms with E-state index in [2.05, 4.69) is 5.32 Å². The van der Waals surface area contributed by atoms with Gasteiger partial charge in [-0.1, -0.05) is 24.3 Å². The van der Waals surface area contributed by atoms with Crippen LogP contribution in [0.15, 0.2) is 54.6 Å². The molecule has 1 N–H and O–H groups in total. The number of allylic oxidation sites excluding steroid dienone is 2. The molecule has 7 nitrogen and oxygen atoms in total. The standard InChI is InChI=1S/C25H24N2O5/c1-15-7-8-16(2)21(13-15)26-22(28)14-32-25(31)17-9-11-18(12-10-17)27-23(29)19-5-3-4-6-20(19)24(27)30/h3-4,7-13,19-20H,5-6,14H2,1-2H3,(H,26,28)/t19-,20-/m0/s1. The first-order valence-electron chi connectivity index (χ1n) is 10.5. The second kappa shape index (κ2) is 8.78. The maximum atomic E-state index is 12.7. The van der Waals surface area contributed by atoms with Crippen molar-refractivity contribution in [1.82, 2.24) is 0 Å². The highest BCUT2D eigenvalue weighted by Crippen LogP contribution is 2.37. The van der Waals surface area contributed by atoms with Crippen LogP contribution in [-0.2, 0) is 19.1 Å². The zero-order valence-electron chi connectivity index (χ0n) is 18.0. The lowest BCUT2D eigenvalue weighted by molar-refractivity contribution is -0.122. The van der Waals surface area contributed by atoms with E-state index in [0.29, 0.717) is 24.2 Å². The van der Waals surface area contributed by atoms with Crippen molar-refractivity contribution in [1.29, 1.82) is 0 Å². The molecule has 0 saturated carbocycles. The summed E-state index contributed by atoms with van der Waals surface area (Å²) in [4.78, 5) is 51.0. The summed E-state index contributed by atoms with van der Waals surface area (Å²) in [5, 5.41) is 2.74. The first-order chi connectivity index (χ1) is 15.3. The Morgan fingerprint density at radius 1 is 0.969 bits per heavy atom. The van der Waals surface area contributed by atoms with Crippen LogP contribution in [0.1, 0.15) is 34.3 Å². The summed E-state index contributed by atoms with van der Waals surface area (Å²) in [6.07, 6.45) is 5.01. The van der Waals surface area contributed by atoms with E-state index in [1.807, 2.05) is 44.2 Å². The topological polar surface area (TPSA) is 92.8 Å². The van der Waals surface area contributed by atoms with Gasteiger partial charge < -0.3 is 10.1 Å². The van der Waals surface area contributed by atoms with Crippen LogP contribution in [-0.4, -0.2) is 30.3 Å². The molecule has 2 aromatic rings. The lowest BCUT2D eigenvalue weighted by Gasteiger charge is -2.15. The number of nitrogens with one attached hydrogen (secondary N) is 1. The first-order valence-corrected chi connectivity index (χ1v) is 10.5. The fourth-order valence-electron chi connectivity index (χ4n) is 4.07. The molecule has 0 spiro atoms. The molecule has 32 heavy (non-hydrogen) atoms. The van der Waals surface area contributed by atoms with Gasteiger partial charge in [-0.3, -0.25) is 19.3 Å². The molecule has 2 aliphatic rings. The van der Waals surface area contributed by atoms with E-state index >= 15 is 0 Å². The molecule has 4 rings (SSSR count). The minimum atomic E-state index is -0.662. The van der Waals surface area contributed by atoms with E-state index in [1.165, 1.54) is 17.0 Å². The molecule has 1 aliphatic carbocycles. The highest BCUT2D eigenvalue weighted by atomic mass is 16.5. The number of carbonyl (C=O) groups excluding carboxylic acids is 4. The van der Waals surface area contributed by atoms with E-state index in [4.69, 9.17) is 4.74 Å². The van der Waals surface area contributed by atoms with Gasteiger partial charge in [0.05, 0.1) is 23.1 Å². The van der Waals surface area contributed by atoms with Crippen LogP contribution in [0.2, 0.25) is 0 Å². The Kier molecular flexibility index (Phi) is 5.90. The van der Waals surface area contributed by atoms with Crippen molar-refractivity contribution >= 4 is 35.1 Å². The van der Waals surface area contributed by atoms with Gasteiger partial charge in [0.25, 0.3) is 5.91 Å². The number of aryl methyl sites for hydroxylation is 2. The van der Waals surface area contributed by atoms with Crippen LogP contribution >= 0.6 is 0 Å². The average Bonchev–Trinajstić information content (AvgIpc) is 3.05. The highest BCUT2D eigenvalue weighted by molar-refractivity contribution is 6.22. The molecule has 0 bridgehead atoms. The zero-order valence-corrected chi connectivity index (χ0v) is 18.0. The van der Waals surface area contributed by atoms with Gasteiger partial charge in [0.2, 0.25) is 11.8 Å². The number of esters is 1. The summed E-state index contributed by atoms with van der Waals surface area (Å²) >= 11 is 0. The Morgan fingerprint density at radius 2 is 1.59 bits per heavy atom. The minimum absolute atomic E-state index is 0.206. The van der Waals surface area contributed by atoms with Crippen LogP contribution in [0.5, 0.6) is 0 Å². The number of hydrogen-bond acceptors (Lipinski definition) is 5. The predicted octanol–water partition coefficient (Wildman–Crippen LogP) is 3.55. The number of anilines is 2. The Hall–Kier alpha value is -3.74. The summed E-state index contributed by atoms with van der Waals surface area (Å²) in [6.45, 7) is 3.38. The third-order valence-electron chi connectivity index (χ3n) is 5.87. The van der Waals surface area contributed by atoms with Crippen molar-refractivity contribution in [2.45, 2.75) is 26.7 Å². The van der Waals surface area contributed by atoms with Gasteiger partial charge in [-0.2, -0.15) is 0 Å². The fraction of sp³-hybridized carbons (Fsp3) is 0.280. The van der Waals surface area contributed by atoms with E-state index < -0.39 is 18.5 Å². The van der Waals surface area contributed by atoms with Crippen molar-refractivity contribution in [3.8, 4) is 0 Å².